The van der Waals surface area contributed by atoms with Crippen LogP contribution in [0.3, 0.4) is 0 Å². The fourth-order valence-corrected chi connectivity index (χ4v) is 2.30. The fraction of sp³-hybridized carbons (Fsp3) is 0.538. The number of carbonyl (C=O) groups is 1. The molecule has 1 aliphatic rings. The molecule has 6 heteroatoms. The molecule has 1 saturated heterocycles. The Morgan fingerprint density at radius 1 is 1.63 bits per heavy atom. The number of anilines is 2. The number of hydrogen-bond acceptors (Lipinski definition) is 5. The number of likely N-dealkylation sites (N-methyl/N-ethyl adjacent to an activating group) is 1. The van der Waals surface area contributed by atoms with Crippen LogP contribution in [-0.2, 0) is 4.74 Å². The molecule has 104 valence electrons. The summed E-state index contributed by atoms with van der Waals surface area (Å²) in [6.07, 6.45) is 4.91. The monoisotopic (exact) mass is 265 g/mol. The van der Waals surface area contributed by atoms with Gasteiger partial charge in [-0.05, 0) is 25.3 Å². The Morgan fingerprint density at radius 2 is 2.42 bits per heavy atom. The number of pyridine rings is 1. The molecule has 1 aromatic heterocycles. The summed E-state index contributed by atoms with van der Waals surface area (Å²) in [7, 11) is 1.85. The van der Waals surface area contributed by atoms with Crippen molar-refractivity contribution in [3.63, 3.8) is 0 Å². The largest absolute Gasteiger partial charge is 0.478 e. The van der Waals surface area contributed by atoms with Crippen LogP contribution in [0.2, 0.25) is 0 Å². The number of aromatic nitrogens is 1. The highest BCUT2D eigenvalue weighted by Gasteiger charge is 2.20. The third-order valence-corrected chi connectivity index (χ3v) is 3.31. The molecule has 1 atom stereocenters. The second-order valence-electron chi connectivity index (χ2n) is 4.77. The summed E-state index contributed by atoms with van der Waals surface area (Å²) in [6.45, 7) is 1.46. The maximum atomic E-state index is 11.0. The average molecular weight is 265 g/mol. The predicted octanol–water partition coefficient (Wildman–Crippen LogP) is 1.37. The fourth-order valence-electron chi connectivity index (χ4n) is 2.30. The third kappa shape index (κ3) is 3.14. The van der Waals surface area contributed by atoms with Crippen molar-refractivity contribution in [1.82, 2.24) is 4.98 Å². The van der Waals surface area contributed by atoms with Crippen LogP contribution in [0.5, 0.6) is 0 Å². The Labute approximate surface area is 112 Å². The molecule has 0 aromatic carbocycles. The molecule has 1 aliphatic heterocycles. The number of nitrogens with two attached hydrogens (primary N) is 1. The average Bonchev–Trinajstić information content (AvgIpc) is 2.39. The van der Waals surface area contributed by atoms with Crippen LogP contribution in [0, 0.1) is 0 Å². The summed E-state index contributed by atoms with van der Waals surface area (Å²) in [5.74, 6) is -0.544. The second-order valence-corrected chi connectivity index (χ2v) is 4.77. The van der Waals surface area contributed by atoms with Gasteiger partial charge in [0.25, 0.3) is 0 Å². The number of aromatic carboxylic acids is 1. The van der Waals surface area contributed by atoms with Gasteiger partial charge in [0.15, 0.2) is 5.82 Å². The van der Waals surface area contributed by atoms with Gasteiger partial charge in [-0.25, -0.2) is 9.78 Å². The van der Waals surface area contributed by atoms with Crippen LogP contribution in [0.1, 0.15) is 29.6 Å². The van der Waals surface area contributed by atoms with Crippen molar-refractivity contribution in [3.8, 4) is 0 Å². The lowest BCUT2D eigenvalue weighted by atomic mass is 10.1. The van der Waals surface area contributed by atoms with Crippen LogP contribution in [0.25, 0.3) is 0 Å². The van der Waals surface area contributed by atoms with Gasteiger partial charge in [0, 0.05) is 26.4 Å². The summed E-state index contributed by atoms with van der Waals surface area (Å²) >= 11 is 0. The highest BCUT2D eigenvalue weighted by Crippen LogP contribution is 2.24. The number of hydrogen-bond donors (Lipinski definition) is 2. The van der Waals surface area contributed by atoms with Gasteiger partial charge >= 0.3 is 5.97 Å². The van der Waals surface area contributed by atoms with Crippen molar-refractivity contribution < 1.29 is 14.6 Å². The summed E-state index contributed by atoms with van der Waals surface area (Å²) in [6, 6.07) is 1.41. The van der Waals surface area contributed by atoms with Gasteiger partial charge in [0.1, 0.15) is 0 Å². The van der Waals surface area contributed by atoms with Crippen molar-refractivity contribution >= 4 is 17.5 Å². The topological polar surface area (TPSA) is 88.7 Å². The van der Waals surface area contributed by atoms with Crippen LogP contribution >= 0.6 is 0 Å². The van der Waals surface area contributed by atoms with E-state index in [-0.39, 0.29) is 17.4 Å². The normalized spacial score (nSPS) is 19.1. The standard InChI is InChI=1S/C13H19N3O3/c1-16(8-9-4-2-3-7-19-9)12-11(14)10(13(17)18)5-6-15-12/h5-6,9H,2-4,7-8,14H2,1H3,(H,17,18). The molecule has 19 heavy (non-hydrogen) atoms. The third-order valence-electron chi connectivity index (χ3n) is 3.31. The van der Waals surface area contributed by atoms with E-state index in [1.807, 2.05) is 11.9 Å². The number of nitrogens with zero attached hydrogens (tertiary/aromatic N) is 2. The molecule has 0 aliphatic carbocycles. The quantitative estimate of drug-likeness (QED) is 0.854. The molecule has 6 nitrogen and oxygen atoms in total. The minimum Gasteiger partial charge on any atom is -0.478 e. The molecule has 2 rings (SSSR count). The number of ether oxygens (including phenoxy) is 1. The molecule has 0 radical (unpaired) electrons. The molecular formula is C13H19N3O3. The maximum Gasteiger partial charge on any atom is 0.337 e. The van der Waals surface area contributed by atoms with E-state index in [2.05, 4.69) is 4.98 Å². The van der Waals surface area contributed by atoms with Crippen molar-refractivity contribution in [2.45, 2.75) is 25.4 Å². The molecule has 2 heterocycles. The minimum atomic E-state index is -1.04. The van der Waals surface area contributed by atoms with E-state index in [4.69, 9.17) is 15.6 Å². The Balaban J connectivity index is 2.12. The highest BCUT2D eigenvalue weighted by atomic mass is 16.5. The zero-order valence-electron chi connectivity index (χ0n) is 11.0. The smallest absolute Gasteiger partial charge is 0.337 e. The Hall–Kier alpha value is -1.82. The first kappa shape index (κ1) is 13.6. The number of carboxylic acid groups (broad SMARTS) is 1. The summed E-state index contributed by atoms with van der Waals surface area (Å²) < 4.78 is 5.66. The van der Waals surface area contributed by atoms with E-state index >= 15 is 0 Å². The predicted molar refractivity (Wildman–Crippen MR) is 72.5 cm³/mol. The van der Waals surface area contributed by atoms with Crippen molar-refractivity contribution in [2.24, 2.45) is 0 Å². The van der Waals surface area contributed by atoms with Crippen molar-refractivity contribution in [1.29, 1.82) is 0 Å². The Kier molecular flexibility index (Phi) is 4.21. The first-order valence-electron chi connectivity index (χ1n) is 6.40. The van der Waals surface area contributed by atoms with Gasteiger partial charge in [0.05, 0.1) is 17.4 Å². The maximum absolute atomic E-state index is 11.0. The lowest BCUT2D eigenvalue weighted by molar-refractivity contribution is 0.0215. The molecule has 0 bridgehead atoms. The minimum absolute atomic E-state index is 0.0846. The van der Waals surface area contributed by atoms with Crippen LogP contribution < -0.4 is 10.6 Å². The van der Waals surface area contributed by atoms with Crippen molar-refractivity contribution in [3.05, 3.63) is 17.8 Å². The summed E-state index contributed by atoms with van der Waals surface area (Å²) in [4.78, 5) is 17.1. The van der Waals surface area contributed by atoms with E-state index < -0.39 is 5.97 Å². The van der Waals surface area contributed by atoms with Gasteiger partial charge in [-0.2, -0.15) is 0 Å². The van der Waals surface area contributed by atoms with Crippen LogP contribution in [-0.4, -0.2) is 42.4 Å². The summed E-state index contributed by atoms with van der Waals surface area (Å²) in [5.41, 5.74) is 6.15. The van der Waals surface area contributed by atoms with Gasteiger partial charge < -0.3 is 20.5 Å². The molecular weight excluding hydrogens is 246 g/mol. The molecule has 0 amide bonds. The van der Waals surface area contributed by atoms with E-state index in [1.54, 1.807) is 0 Å². The highest BCUT2D eigenvalue weighted by molar-refractivity contribution is 5.96. The number of carboxylic acids is 1. The molecule has 1 fully saturated rings. The SMILES string of the molecule is CN(CC1CCCCO1)c1nccc(C(=O)O)c1N. The van der Waals surface area contributed by atoms with Crippen molar-refractivity contribution in [2.75, 3.05) is 30.8 Å². The zero-order chi connectivity index (χ0) is 13.8. The van der Waals surface area contributed by atoms with Crippen LogP contribution in [0.15, 0.2) is 12.3 Å². The number of rotatable bonds is 4. The van der Waals surface area contributed by atoms with Gasteiger partial charge in [-0.15, -0.1) is 0 Å². The molecule has 0 saturated carbocycles. The van der Waals surface area contributed by atoms with E-state index in [0.717, 1.165) is 25.9 Å². The van der Waals surface area contributed by atoms with E-state index in [9.17, 15) is 4.79 Å². The van der Waals surface area contributed by atoms with E-state index in [1.165, 1.54) is 12.3 Å². The van der Waals surface area contributed by atoms with E-state index in [0.29, 0.717) is 12.4 Å². The van der Waals surface area contributed by atoms with Gasteiger partial charge in [-0.3, -0.25) is 0 Å². The number of nitrogen functional groups attached to an aromatic ring is 1. The van der Waals surface area contributed by atoms with Crippen LogP contribution in [0.4, 0.5) is 11.5 Å². The first-order chi connectivity index (χ1) is 9.09. The Bertz CT molecular complexity index is 458. The molecule has 0 spiro atoms. The lowest BCUT2D eigenvalue weighted by Crippen LogP contribution is -2.34. The Morgan fingerprint density at radius 3 is 3.05 bits per heavy atom. The molecule has 1 aromatic rings. The molecule has 3 N–H and O–H groups in total. The van der Waals surface area contributed by atoms with Gasteiger partial charge in [0.2, 0.25) is 0 Å². The lowest BCUT2D eigenvalue weighted by Gasteiger charge is -2.28. The first-order valence-corrected chi connectivity index (χ1v) is 6.40. The molecule has 1 unspecified atom stereocenters. The summed E-state index contributed by atoms with van der Waals surface area (Å²) in [5, 5.41) is 9.04. The zero-order valence-corrected chi connectivity index (χ0v) is 11.0. The second kappa shape index (κ2) is 5.88. The van der Waals surface area contributed by atoms with Gasteiger partial charge in [-0.1, -0.05) is 0 Å².